The zero-order valence-corrected chi connectivity index (χ0v) is 15.9. The number of amides is 1. The molecule has 2 N–H and O–H groups in total. The minimum Gasteiger partial charge on any atom is -0.338 e. The maximum Gasteiger partial charge on any atom is 0.257 e. The molecule has 6 heteroatoms. The molecule has 2 heterocycles. The van der Waals surface area contributed by atoms with E-state index in [1.165, 1.54) is 19.3 Å². The van der Waals surface area contributed by atoms with E-state index in [0.29, 0.717) is 5.92 Å². The molecule has 1 saturated heterocycles. The van der Waals surface area contributed by atoms with E-state index in [1.807, 2.05) is 18.1 Å². The molecule has 1 saturated carbocycles. The third-order valence-corrected chi connectivity index (χ3v) is 5.68. The Morgan fingerprint density at radius 2 is 1.92 bits per heavy atom. The monoisotopic (exact) mass is 354 g/mol. The summed E-state index contributed by atoms with van der Waals surface area (Å²) in [5, 5.41) is 4.65. The Hall–Kier alpha value is -1.07. The van der Waals surface area contributed by atoms with Crippen LogP contribution in [0.5, 0.6) is 0 Å². The summed E-state index contributed by atoms with van der Waals surface area (Å²) in [4.78, 5) is 15.1. The van der Waals surface area contributed by atoms with Gasteiger partial charge in [-0.1, -0.05) is 33.1 Å². The van der Waals surface area contributed by atoms with Crippen molar-refractivity contribution in [2.24, 2.45) is 18.2 Å². The molecular formula is C18H31ClN4O. The Bertz CT molecular complexity index is 578. The van der Waals surface area contributed by atoms with Crippen LogP contribution in [0.2, 0.25) is 0 Å². The number of nitrogens with two attached hydrogens (primary N) is 1. The van der Waals surface area contributed by atoms with Crippen LogP contribution in [0.1, 0.15) is 74.3 Å². The average Bonchev–Trinajstić information content (AvgIpc) is 2.92. The van der Waals surface area contributed by atoms with Crippen LogP contribution >= 0.6 is 12.4 Å². The molecule has 0 aromatic carbocycles. The van der Waals surface area contributed by atoms with Gasteiger partial charge in [0, 0.05) is 38.3 Å². The molecule has 1 aliphatic heterocycles. The normalized spacial score (nSPS) is 24.5. The Morgan fingerprint density at radius 1 is 1.25 bits per heavy atom. The van der Waals surface area contributed by atoms with E-state index in [2.05, 4.69) is 18.9 Å². The third-order valence-electron chi connectivity index (χ3n) is 5.68. The van der Waals surface area contributed by atoms with Crippen molar-refractivity contribution in [3.05, 3.63) is 17.5 Å². The van der Waals surface area contributed by atoms with Crippen LogP contribution in [-0.4, -0.2) is 39.7 Å². The minimum atomic E-state index is -0.0267. The SMILES string of the molecule is Cl.Cn1cc(C(=O)N2CCC(N)C(C)(C)C2)c(C2CCCCC2)n1. The predicted octanol–water partition coefficient (Wildman–Crippen LogP) is 3.09. The summed E-state index contributed by atoms with van der Waals surface area (Å²) >= 11 is 0. The lowest BCUT2D eigenvalue weighted by Gasteiger charge is -2.42. The van der Waals surface area contributed by atoms with Crippen LogP contribution in [0, 0.1) is 5.41 Å². The molecular weight excluding hydrogens is 324 g/mol. The lowest BCUT2D eigenvalue weighted by Crippen LogP contribution is -2.54. The Kier molecular flexibility index (Phi) is 5.97. The van der Waals surface area contributed by atoms with Gasteiger partial charge < -0.3 is 10.6 Å². The molecule has 1 aromatic heterocycles. The van der Waals surface area contributed by atoms with Crippen LogP contribution in [0.4, 0.5) is 0 Å². The van der Waals surface area contributed by atoms with Gasteiger partial charge in [-0.05, 0) is 24.7 Å². The van der Waals surface area contributed by atoms with Crippen molar-refractivity contribution < 1.29 is 4.79 Å². The largest absolute Gasteiger partial charge is 0.338 e. The number of likely N-dealkylation sites (tertiary alicyclic amines) is 1. The second kappa shape index (κ2) is 7.44. The number of carbonyl (C=O) groups is 1. The molecule has 2 aliphatic rings. The van der Waals surface area contributed by atoms with E-state index in [0.717, 1.165) is 43.6 Å². The smallest absolute Gasteiger partial charge is 0.257 e. The number of halogens is 1. The number of carbonyl (C=O) groups excluding carboxylic acids is 1. The van der Waals surface area contributed by atoms with Crippen molar-refractivity contribution >= 4 is 18.3 Å². The fourth-order valence-corrected chi connectivity index (χ4v) is 4.07. The maximum atomic E-state index is 13.1. The van der Waals surface area contributed by atoms with E-state index in [-0.39, 0.29) is 29.8 Å². The number of hydrogen-bond donors (Lipinski definition) is 1. The highest BCUT2D eigenvalue weighted by molar-refractivity contribution is 5.95. The highest BCUT2D eigenvalue weighted by Crippen LogP contribution is 2.35. The highest BCUT2D eigenvalue weighted by atomic mass is 35.5. The Morgan fingerprint density at radius 3 is 2.54 bits per heavy atom. The topological polar surface area (TPSA) is 64.2 Å². The van der Waals surface area contributed by atoms with E-state index < -0.39 is 0 Å². The molecule has 2 fully saturated rings. The van der Waals surface area contributed by atoms with Crippen LogP contribution in [0.15, 0.2) is 6.20 Å². The first-order chi connectivity index (χ1) is 10.9. The van der Waals surface area contributed by atoms with E-state index in [9.17, 15) is 4.79 Å². The molecule has 1 aliphatic carbocycles. The van der Waals surface area contributed by atoms with Gasteiger partial charge in [-0.2, -0.15) is 5.10 Å². The second-order valence-corrected chi connectivity index (χ2v) is 8.05. The molecule has 5 nitrogen and oxygen atoms in total. The van der Waals surface area contributed by atoms with E-state index in [4.69, 9.17) is 5.73 Å². The number of aromatic nitrogens is 2. The molecule has 24 heavy (non-hydrogen) atoms. The van der Waals surface area contributed by atoms with Gasteiger partial charge in [-0.15, -0.1) is 12.4 Å². The van der Waals surface area contributed by atoms with Gasteiger partial charge in [-0.3, -0.25) is 9.48 Å². The predicted molar refractivity (Wildman–Crippen MR) is 98.6 cm³/mol. The molecule has 0 radical (unpaired) electrons. The first kappa shape index (κ1) is 19.3. The fourth-order valence-electron chi connectivity index (χ4n) is 4.07. The van der Waals surface area contributed by atoms with Crippen molar-refractivity contribution in [2.45, 2.75) is 64.3 Å². The van der Waals surface area contributed by atoms with Crippen molar-refractivity contribution in [3.63, 3.8) is 0 Å². The van der Waals surface area contributed by atoms with Gasteiger partial charge in [0.2, 0.25) is 0 Å². The number of piperidine rings is 1. The van der Waals surface area contributed by atoms with Gasteiger partial charge in [0.05, 0.1) is 11.3 Å². The summed E-state index contributed by atoms with van der Waals surface area (Å²) in [6, 6.07) is 0.165. The highest BCUT2D eigenvalue weighted by Gasteiger charge is 2.37. The zero-order valence-electron chi connectivity index (χ0n) is 15.1. The van der Waals surface area contributed by atoms with Gasteiger partial charge >= 0.3 is 0 Å². The van der Waals surface area contributed by atoms with Crippen LogP contribution < -0.4 is 5.73 Å². The summed E-state index contributed by atoms with van der Waals surface area (Å²) in [7, 11) is 1.92. The molecule has 1 aromatic rings. The van der Waals surface area contributed by atoms with Crippen molar-refractivity contribution in [1.82, 2.24) is 14.7 Å². The summed E-state index contributed by atoms with van der Waals surface area (Å²) in [5.41, 5.74) is 8.01. The van der Waals surface area contributed by atoms with E-state index in [1.54, 1.807) is 4.68 Å². The van der Waals surface area contributed by atoms with E-state index >= 15 is 0 Å². The number of hydrogen-bond acceptors (Lipinski definition) is 3. The van der Waals surface area contributed by atoms with Gasteiger partial charge in [0.1, 0.15) is 0 Å². The zero-order chi connectivity index (χ0) is 16.6. The number of rotatable bonds is 2. The molecule has 1 amide bonds. The lowest BCUT2D eigenvalue weighted by molar-refractivity contribution is 0.0531. The standard InChI is InChI=1S/C18H30N4O.ClH/c1-18(2)12-22(10-9-15(18)19)17(23)14-11-21(3)20-16(14)13-7-5-4-6-8-13;/h11,13,15H,4-10,12,19H2,1-3H3;1H. The van der Waals surface area contributed by atoms with Crippen molar-refractivity contribution in [3.8, 4) is 0 Å². The van der Waals surface area contributed by atoms with Gasteiger partial charge in [0.15, 0.2) is 0 Å². The Labute approximate surface area is 151 Å². The first-order valence-electron chi connectivity index (χ1n) is 8.97. The van der Waals surface area contributed by atoms with Crippen molar-refractivity contribution in [2.75, 3.05) is 13.1 Å². The van der Waals surface area contributed by atoms with Crippen LogP contribution in [0.3, 0.4) is 0 Å². The summed E-state index contributed by atoms with van der Waals surface area (Å²) in [5.74, 6) is 0.586. The molecule has 1 unspecified atom stereocenters. The van der Waals surface area contributed by atoms with Crippen LogP contribution in [0.25, 0.3) is 0 Å². The summed E-state index contributed by atoms with van der Waals surface area (Å²) in [6.07, 6.45) is 8.92. The molecule has 1 atom stereocenters. The summed E-state index contributed by atoms with van der Waals surface area (Å²) in [6.45, 7) is 5.79. The second-order valence-electron chi connectivity index (χ2n) is 8.05. The Balaban J connectivity index is 0.00000208. The van der Waals surface area contributed by atoms with Crippen LogP contribution in [-0.2, 0) is 7.05 Å². The van der Waals surface area contributed by atoms with Gasteiger partial charge in [-0.25, -0.2) is 0 Å². The quantitative estimate of drug-likeness (QED) is 0.887. The first-order valence-corrected chi connectivity index (χ1v) is 8.97. The minimum absolute atomic E-state index is 0. The summed E-state index contributed by atoms with van der Waals surface area (Å²) < 4.78 is 1.80. The maximum absolute atomic E-state index is 13.1. The molecule has 0 bridgehead atoms. The number of nitrogens with zero attached hydrogens (tertiary/aromatic N) is 3. The molecule has 136 valence electrons. The fraction of sp³-hybridized carbons (Fsp3) is 0.778. The average molecular weight is 355 g/mol. The lowest BCUT2D eigenvalue weighted by atomic mass is 9.79. The molecule has 3 rings (SSSR count). The number of aryl methyl sites for hydroxylation is 1. The molecule has 0 spiro atoms. The van der Waals surface area contributed by atoms with Gasteiger partial charge in [0.25, 0.3) is 5.91 Å². The third kappa shape index (κ3) is 3.77. The van der Waals surface area contributed by atoms with Crippen molar-refractivity contribution in [1.29, 1.82) is 0 Å².